The molecule has 0 fully saturated rings. The SMILES string of the molecule is CCCC1=C(C(=O)OCC)[C@H](c2cc(Br)ccc2OC)n2c(s/c(=C/c3cc(C)n(-c4ccc(C)cc4)c3C)c2=O)=N1. The molecule has 0 aliphatic carbocycles. The number of ether oxygens (including phenoxy) is 2. The molecule has 1 aliphatic heterocycles. The van der Waals surface area contributed by atoms with Gasteiger partial charge >= 0.3 is 5.97 Å². The quantitative estimate of drug-likeness (QED) is 0.218. The van der Waals surface area contributed by atoms with E-state index in [-0.39, 0.29) is 12.2 Å². The monoisotopic (exact) mass is 647 g/mol. The van der Waals surface area contributed by atoms with Gasteiger partial charge in [-0.05, 0) is 82.2 Å². The lowest BCUT2D eigenvalue weighted by molar-refractivity contribution is -0.139. The lowest BCUT2D eigenvalue weighted by Crippen LogP contribution is -2.40. The summed E-state index contributed by atoms with van der Waals surface area (Å²) < 4.78 is 16.4. The molecule has 0 N–H and O–H groups in total. The minimum absolute atomic E-state index is 0.213. The molecule has 1 atom stereocenters. The van der Waals surface area contributed by atoms with Crippen molar-refractivity contribution in [3.05, 3.63) is 112 Å². The van der Waals surface area contributed by atoms with Gasteiger partial charge in [0.15, 0.2) is 4.80 Å². The number of carbonyl (C=O) groups excluding carboxylic acids is 1. The van der Waals surface area contributed by atoms with Crippen LogP contribution in [0.5, 0.6) is 5.75 Å². The highest BCUT2D eigenvalue weighted by molar-refractivity contribution is 9.10. The second kappa shape index (κ2) is 12.3. The number of esters is 1. The maximum atomic E-state index is 14.2. The lowest BCUT2D eigenvalue weighted by Gasteiger charge is -2.27. The number of carbonyl (C=O) groups is 1. The molecule has 5 rings (SSSR count). The van der Waals surface area contributed by atoms with Crippen LogP contribution in [0.1, 0.15) is 60.8 Å². The lowest BCUT2D eigenvalue weighted by atomic mass is 9.93. The van der Waals surface area contributed by atoms with E-state index in [1.54, 1.807) is 18.6 Å². The number of rotatable bonds is 8. The van der Waals surface area contributed by atoms with Gasteiger partial charge in [0.05, 0.1) is 29.5 Å². The third-order valence-electron chi connectivity index (χ3n) is 7.43. The highest BCUT2D eigenvalue weighted by Crippen LogP contribution is 2.38. The van der Waals surface area contributed by atoms with E-state index in [0.29, 0.717) is 38.3 Å². The Balaban J connectivity index is 1.76. The van der Waals surface area contributed by atoms with Crippen molar-refractivity contribution in [3.63, 3.8) is 0 Å². The summed E-state index contributed by atoms with van der Waals surface area (Å²) in [6.45, 7) is 10.2. The van der Waals surface area contributed by atoms with Gasteiger partial charge in [-0.2, -0.15) is 0 Å². The van der Waals surface area contributed by atoms with Crippen molar-refractivity contribution in [2.24, 2.45) is 4.99 Å². The number of aryl methyl sites for hydroxylation is 2. The van der Waals surface area contributed by atoms with Crippen molar-refractivity contribution >= 4 is 39.3 Å². The van der Waals surface area contributed by atoms with Crippen molar-refractivity contribution in [1.29, 1.82) is 0 Å². The summed E-state index contributed by atoms with van der Waals surface area (Å²) in [5, 5.41) is 0. The van der Waals surface area contributed by atoms with E-state index < -0.39 is 12.0 Å². The average Bonchev–Trinajstić information content (AvgIpc) is 3.42. The highest BCUT2D eigenvalue weighted by Gasteiger charge is 2.36. The number of halogens is 1. The zero-order valence-corrected chi connectivity index (χ0v) is 27.1. The second-order valence-corrected chi connectivity index (χ2v) is 12.2. The number of allylic oxidation sites excluding steroid dienone is 1. The zero-order valence-electron chi connectivity index (χ0n) is 24.7. The predicted octanol–water partition coefficient (Wildman–Crippen LogP) is 6.07. The van der Waals surface area contributed by atoms with Crippen LogP contribution in [0.15, 0.2) is 74.1 Å². The summed E-state index contributed by atoms with van der Waals surface area (Å²) in [6, 6.07) is 15.3. The standard InChI is InChI=1S/C33H34BrN3O4S/c1-7-9-26-29(32(39)41-8-2)30(25-18-23(34)12-15-27(25)40-6)37-31(38)28(42-33(37)35-26)17-22-16-20(4)36(21(22)5)24-13-10-19(3)11-14-24/h10-18,30H,7-9H2,1-6H3/b28-17+/t30-/m0/s1. The number of hydrogen-bond donors (Lipinski definition) is 0. The molecule has 4 aromatic rings. The first-order chi connectivity index (χ1) is 20.2. The molecule has 3 heterocycles. The molecule has 0 spiro atoms. The Bertz CT molecular complexity index is 1880. The van der Waals surface area contributed by atoms with E-state index in [9.17, 15) is 9.59 Å². The zero-order chi connectivity index (χ0) is 30.1. The predicted molar refractivity (Wildman–Crippen MR) is 170 cm³/mol. The summed E-state index contributed by atoms with van der Waals surface area (Å²) in [7, 11) is 1.58. The molecule has 0 amide bonds. The van der Waals surface area contributed by atoms with Crippen LogP contribution in [-0.2, 0) is 9.53 Å². The molecule has 2 aromatic heterocycles. The summed E-state index contributed by atoms with van der Waals surface area (Å²) in [5.41, 5.74) is 6.79. The Kier molecular flexibility index (Phi) is 8.70. The summed E-state index contributed by atoms with van der Waals surface area (Å²) in [6.07, 6.45) is 3.28. The smallest absolute Gasteiger partial charge is 0.338 e. The molecular weight excluding hydrogens is 614 g/mol. The van der Waals surface area contributed by atoms with Gasteiger partial charge in [0.2, 0.25) is 0 Å². The number of benzene rings is 2. The molecule has 42 heavy (non-hydrogen) atoms. The maximum absolute atomic E-state index is 14.2. The van der Waals surface area contributed by atoms with Gasteiger partial charge in [-0.3, -0.25) is 9.36 Å². The Morgan fingerprint density at radius 2 is 1.83 bits per heavy atom. The first-order valence-electron chi connectivity index (χ1n) is 14.0. The molecule has 0 unspecified atom stereocenters. The van der Waals surface area contributed by atoms with Crippen molar-refractivity contribution in [2.75, 3.05) is 13.7 Å². The first-order valence-corrected chi connectivity index (χ1v) is 15.6. The van der Waals surface area contributed by atoms with Gasteiger partial charge in [0, 0.05) is 27.1 Å². The van der Waals surface area contributed by atoms with Gasteiger partial charge in [0.1, 0.15) is 11.8 Å². The van der Waals surface area contributed by atoms with Crippen molar-refractivity contribution in [1.82, 2.24) is 9.13 Å². The van der Waals surface area contributed by atoms with Gasteiger partial charge in [-0.25, -0.2) is 9.79 Å². The molecule has 0 saturated heterocycles. The number of fused-ring (bicyclic) bond motifs is 1. The summed E-state index contributed by atoms with van der Waals surface area (Å²) in [5.74, 6) is 0.0895. The van der Waals surface area contributed by atoms with Crippen molar-refractivity contribution in [3.8, 4) is 11.4 Å². The molecular formula is C33H34BrN3O4S. The minimum atomic E-state index is -0.753. The second-order valence-electron chi connectivity index (χ2n) is 10.3. The van der Waals surface area contributed by atoms with Crippen molar-refractivity contribution in [2.45, 2.75) is 53.5 Å². The van der Waals surface area contributed by atoms with Crippen LogP contribution < -0.4 is 19.6 Å². The van der Waals surface area contributed by atoms with Crippen LogP contribution in [-0.4, -0.2) is 28.8 Å². The Labute approximate surface area is 257 Å². The highest BCUT2D eigenvalue weighted by atomic mass is 79.9. The number of nitrogens with zero attached hydrogens (tertiary/aromatic N) is 3. The largest absolute Gasteiger partial charge is 0.496 e. The molecule has 218 valence electrons. The Morgan fingerprint density at radius 3 is 2.50 bits per heavy atom. The van der Waals surface area contributed by atoms with Gasteiger partial charge in [-0.15, -0.1) is 0 Å². The molecule has 7 nitrogen and oxygen atoms in total. The molecule has 1 aliphatic rings. The molecule has 2 aromatic carbocycles. The maximum Gasteiger partial charge on any atom is 0.338 e. The van der Waals surface area contributed by atoms with Crippen molar-refractivity contribution < 1.29 is 14.3 Å². The minimum Gasteiger partial charge on any atom is -0.496 e. The third kappa shape index (κ3) is 5.43. The van der Waals surface area contributed by atoms with Crippen LogP contribution >= 0.6 is 27.3 Å². The van der Waals surface area contributed by atoms with E-state index in [1.807, 2.05) is 31.2 Å². The van der Waals surface area contributed by atoms with Gasteiger partial charge in [-0.1, -0.05) is 58.3 Å². The number of thiazole rings is 1. The number of aromatic nitrogens is 2. The molecule has 0 saturated carbocycles. The summed E-state index contributed by atoms with van der Waals surface area (Å²) >= 11 is 4.90. The first kappa shape index (κ1) is 29.8. The normalized spacial score (nSPS) is 15.0. The fourth-order valence-electron chi connectivity index (χ4n) is 5.50. The topological polar surface area (TPSA) is 74.8 Å². The number of methoxy groups -OCH3 is 1. The van der Waals surface area contributed by atoms with Crippen LogP contribution in [0.4, 0.5) is 0 Å². The van der Waals surface area contributed by atoms with Gasteiger partial charge in [0.25, 0.3) is 5.56 Å². The van der Waals surface area contributed by atoms with Crippen LogP contribution in [0.25, 0.3) is 11.8 Å². The van der Waals surface area contributed by atoms with E-state index >= 15 is 0 Å². The van der Waals surface area contributed by atoms with Crippen LogP contribution in [0.3, 0.4) is 0 Å². The average molecular weight is 649 g/mol. The third-order valence-corrected chi connectivity index (χ3v) is 8.90. The van der Waals surface area contributed by atoms with E-state index in [2.05, 4.69) is 71.6 Å². The summed E-state index contributed by atoms with van der Waals surface area (Å²) in [4.78, 5) is 33.2. The molecule has 9 heteroatoms. The van der Waals surface area contributed by atoms with Crippen LogP contribution in [0, 0.1) is 20.8 Å². The van der Waals surface area contributed by atoms with E-state index in [4.69, 9.17) is 14.5 Å². The Hall–Kier alpha value is -3.69. The Morgan fingerprint density at radius 1 is 1.10 bits per heavy atom. The fourth-order valence-corrected chi connectivity index (χ4v) is 6.89. The molecule has 0 bridgehead atoms. The fraction of sp³-hybridized carbons (Fsp3) is 0.303. The van der Waals surface area contributed by atoms with E-state index in [0.717, 1.165) is 33.5 Å². The van der Waals surface area contributed by atoms with Gasteiger partial charge < -0.3 is 14.0 Å². The van der Waals surface area contributed by atoms with Crippen LogP contribution in [0.2, 0.25) is 0 Å². The number of hydrogen-bond acceptors (Lipinski definition) is 6. The molecule has 0 radical (unpaired) electrons. The van der Waals surface area contributed by atoms with E-state index in [1.165, 1.54) is 16.9 Å².